The van der Waals surface area contributed by atoms with Gasteiger partial charge in [0.15, 0.2) is 0 Å². The van der Waals surface area contributed by atoms with E-state index < -0.39 is 0 Å². The fourth-order valence-corrected chi connectivity index (χ4v) is 3.06. The van der Waals surface area contributed by atoms with Crippen molar-refractivity contribution in [2.45, 2.75) is 19.0 Å². The van der Waals surface area contributed by atoms with E-state index in [4.69, 9.17) is 0 Å². The van der Waals surface area contributed by atoms with Crippen LogP contribution in [-0.2, 0) is 11.3 Å². The van der Waals surface area contributed by atoms with Crippen molar-refractivity contribution >= 4 is 46.0 Å². The third-order valence-corrected chi connectivity index (χ3v) is 4.49. The number of nitrogens with one attached hydrogen (secondary N) is 2. The molecule has 6 heteroatoms. The number of hydrogen-bond acceptors (Lipinski definition) is 3. The summed E-state index contributed by atoms with van der Waals surface area (Å²) in [6.07, 6.45) is 0.573. The number of rotatable bonds is 4. The van der Waals surface area contributed by atoms with E-state index in [1.54, 1.807) is 0 Å². The molecule has 1 aliphatic rings. The van der Waals surface area contributed by atoms with Crippen LogP contribution in [0.3, 0.4) is 0 Å². The highest BCUT2D eigenvalue weighted by Gasteiger charge is 2.16. The molecule has 2 rings (SSSR count). The van der Waals surface area contributed by atoms with Crippen LogP contribution in [0.5, 0.6) is 0 Å². The zero-order valence-electron chi connectivity index (χ0n) is 10.5. The number of carbonyl (C=O) groups is 1. The number of benzene rings is 1. The van der Waals surface area contributed by atoms with Gasteiger partial charge in [0.1, 0.15) is 0 Å². The molecule has 0 spiro atoms. The van der Waals surface area contributed by atoms with Gasteiger partial charge in [-0.2, -0.15) is 11.8 Å². The molecule has 106 valence electrons. The summed E-state index contributed by atoms with van der Waals surface area (Å²) in [4.78, 5) is 11.8. The van der Waals surface area contributed by atoms with E-state index >= 15 is 0 Å². The summed E-state index contributed by atoms with van der Waals surface area (Å²) in [7, 11) is 0. The van der Waals surface area contributed by atoms with Crippen LogP contribution in [0.2, 0.25) is 0 Å². The molecule has 1 amide bonds. The Labute approximate surface area is 132 Å². The molecule has 1 heterocycles. The highest BCUT2D eigenvalue weighted by molar-refractivity contribution is 9.10. The van der Waals surface area contributed by atoms with Gasteiger partial charge in [0.05, 0.1) is 0 Å². The van der Waals surface area contributed by atoms with Crippen LogP contribution < -0.4 is 10.6 Å². The summed E-state index contributed by atoms with van der Waals surface area (Å²) >= 11 is 5.31. The van der Waals surface area contributed by atoms with Crippen molar-refractivity contribution in [3.05, 3.63) is 34.3 Å². The summed E-state index contributed by atoms with van der Waals surface area (Å²) in [5.74, 6) is 2.31. The number of carbonyl (C=O) groups excluding carboxylic acids is 1. The standard InChI is InChI=1S/C13H17BrN2OS.ClH/c14-11-3-1-10(2-4-11)8-16-13(17)7-12-9-18-6-5-15-12;/h1-4,12,15H,5-9H2,(H,16,17);1H. The van der Waals surface area contributed by atoms with E-state index in [0.29, 0.717) is 19.0 Å². The first kappa shape index (κ1) is 16.8. The molecule has 0 bridgehead atoms. The van der Waals surface area contributed by atoms with Crippen molar-refractivity contribution in [2.75, 3.05) is 18.1 Å². The summed E-state index contributed by atoms with van der Waals surface area (Å²) in [6, 6.07) is 8.33. The highest BCUT2D eigenvalue weighted by Crippen LogP contribution is 2.11. The van der Waals surface area contributed by atoms with Gasteiger partial charge in [-0.15, -0.1) is 12.4 Å². The van der Waals surface area contributed by atoms with Crippen molar-refractivity contribution < 1.29 is 4.79 Å². The average Bonchev–Trinajstić information content (AvgIpc) is 2.39. The van der Waals surface area contributed by atoms with E-state index in [1.807, 2.05) is 36.0 Å². The first-order chi connectivity index (χ1) is 8.74. The largest absolute Gasteiger partial charge is 0.352 e. The second-order valence-electron chi connectivity index (χ2n) is 4.33. The minimum absolute atomic E-state index is 0. The maximum atomic E-state index is 11.8. The quantitative estimate of drug-likeness (QED) is 0.861. The van der Waals surface area contributed by atoms with Gasteiger partial charge in [0.2, 0.25) is 5.91 Å². The molecule has 0 saturated carbocycles. The third kappa shape index (κ3) is 6.17. The lowest BCUT2D eigenvalue weighted by atomic mass is 10.2. The van der Waals surface area contributed by atoms with Crippen LogP contribution in [0, 0.1) is 0 Å². The molecule has 0 radical (unpaired) electrons. The minimum atomic E-state index is 0. The SMILES string of the molecule is Cl.O=C(CC1CSCCN1)NCc1ccc(Br)cc1. The van der Waals surface area contributed by atoms with Gasteiger partial charge in [-0.25, -0.2) is 0 Å². The Kier molecular flexibility index (Phi) is 7.83. The first-order valence-corrected chi connectivity index (χ1v) is 8.01. The molecule has 1 saturated heterocycles. The second kappa shape index (κ2) is 8.84. The normalized spacial score (nSPS) is 18.5. The lowest BCUT2D eigenvalue weighted by Gasteiger charge is -2.22. The van der Waals surface area contributed by atoms with E-state index in [1.165, 1.54) is 0 Å². The van der Waals surface area contributed by atoms with Crippen molar-refractivity contribution in [1.29, 1.82) is 0 Å². The molecule has 0 aliphatic carbocycles. The molecule has 0 aromatic heterocycles. The number of thioether (sulfide) groups is 1. The second-order valence-corrected chi connectivity index (χ2v) is 6.40. The number of hydrogen-bond donors (Lipinski definition) is 2. The van der Waals surface area contributed by atoms with E-state index in [9.17, 15) is 4.79 Å². The van der Waals surface area contributed by atoms with Crippen molar-refractivity contribution in [2.24, 2.45) is 0 Å². The van der Waals surface area contributed by atoms with Gasteiger partial charge in [0, 0.05) is 41.5 Å². The molecule has 1 aliphatic heterocycles. The van der Waals surface area contributed by atoms with Crippen molar-refractivity contribution in [3.8, 4) is 0 Å². The molecule has 19 heavy (non-hydrogen) atoms. The Hall–Kier alpha value is -0.230. The molecule has 3 nitrogen and oxygen atoms in total. The van der Waals surface area contributed by atoms with E-state index in [2.05, 4.69) is 26.6 Å². The predicted octanol–water partition coefficient (Wildman–Crippen LogP) is 2.58. The predicted molar refractivity (Wildman–Crippen MR) is 87.0 cm³/mol. The van der Waals surface area contributed by atoms with Gasteiger partial charge in [-0.1, -0.05) is 28.1 Å². The monoisotopic (exact) mass is 364 g/mol. The molecule has 1 unspecified atom stereocenters. The van der Waals surface area contributed by atoms with Crippen molar-refractivity contribution in [1.82, 2.24) is 10.6 Å². The third-order valence-electron chi connectivity index (χ3n) is 2.83. The minimum Gasteiger partial charge on any atom is -0.352 e. The average molecular weight is 366 g/mol. The van der Waals surface area contributed by atoms with Gasteiger partial charge < -0.3 is 10.6 Å². The lowest BCUT2D eigenvalue weighted by Crippen LogP contribution is -2.41. The van der Waals surface area contributed by atoms with Gasteiger partial charge in [-0.05, 0) is 17.7 Å². The molecular weight excluding hydrogens is 348 g/mol. The van der Waals surface area contributed by atoms with Gasteiger partial charge in [-0.3, -0.25) is 4.79 Å². The summed E-state index contributed by atoms with van der Waals surface area (Å²) in [6.45, 7) is 1.61. The van der Waals surface area contributed by atoms with Crippen molar-refractivity contribution in [3.63, 3.8) is 0 Å². The summed E-state index contributed by atoms with van der Waals surface area (Å²) in [5, 5.41) is 6.33. The summed E-state index contributed by atoms with van der Waals surface area (Å²) < 4.78 is 1.06. The molecule has 1 fully saturated rings. The molecule has 1 atom stereocenters. The molecule has 2 N–H and O–H groups in total. The Morgan fingerprint density at radius 2 is 2.16 bits per heavy atom. The molecular formula is C13H18BrClN2OS. The van der Waals surface area contributed by atoms with Gasteiger partial charge in [0.25, 0.3) is 0 Å². The van der Waals surface area contributed by atoms with E-state index in [0.717, 1.165) is 28.1 Å². The first-order valence-electron chi connectivity index (χ1n) is 6.06. The fourth-order valence-electron chi connectivity index (χ4n) is 1.85. The molecule has 1 aromatic rings. The van der Waals surface area contributed by atoms with Crippen LogP contribution in [-0.4, -0.2) is 30.0 Å². The maximum absolute atomic E-state index is 11.8. The molecule has 1 aromatic carbocycles. The van der Waals surface area contributed by atoms with Crippen LogP contribution in [0.25, 0.3) is 0 Å². The fraction of sp³-hybridized carbons (Fsp3) is 0.462. The Bertz CT molecular complexity index is 396. The van der Waals surface area contributed by atoms with E-state index in [-0.39, 0.29) is 18.3 Å². The Morgan fingerprint density at radius 3 is 2.79 bits per heavy atom. The zero-order chi connectivity index (χ0) is 12.8. The number of amides is 1. The van der Waals surface area contributed by atoms with Crippen LogP contribution in [0.15, 0.2) is 28.7 Å². The van der Waals surface area contributed by atoms with Gasteiger partial charge >= 0.3 is 0 Å². The number of halogens is 2. The maximum Gasteiger partial charge on any atom is 0.221 e. The zero-order valence-corrected chi connectivity index (χ0v) is 13.7. The topological polar surface area (TPSA) is 41.1 Å². The van der Waals surface area contributed by atoms with Crippen LogP contribution in [0.4, 0.5) is 0 Å². The smallest absolute Gasteiger partial charge is 0.221 e. The Balaban J connectivity index is 0.00000180. The van der Waals surface area contributed by atoms with Crippen LogP contribution >= 0.6 is 40.1 Å². The highest BCUT2D eigenvalue weighted by atomic mass is 79.9. The Morgan fingerprint density at radius 1 is 1.42 bits per heavy atom. The van der Waals surface area contributed by atoms with Crippen LogP contribution in [0.1, 0.15) is 12.0 Å². The lowest BCUT2D eigenvalue weighted by molar-refractivity contribution is -0.121. The summed E-state index contributed by atoms with van der Waals surface area (Å²) in [5.41, 5.74) is 1.12.